The first kappa shape index (κ1) is 21.6. The number of carbonyl (C=O) groups excluding carboxylic acids is 1. The van der Waals surface area contributed by atoms with Gasteiger partial charge in [-0.2, -0.15) is 0 Å². The second-order valence-electron chi connectivity index (χ2n) is 8.21. The van der Waals surface area contributed by atoms with Gasteiger partial charge in [0.1, 0.15) is 5.82 Å². The molecule has 1 aliphatic carbocycles. The van der Waals surface area contributed by atoms with E-state index in [0.717, 1.165) is 35.9 Å². The number of hydrogen-bond donors (Lipinski definition) is 1. The molecule has 5 nitrogen and oxygen atoms in total. The summed E-state index contributed by atoms with van der Waals surface area (Å²) in [6.07, 6.45) is 4.27. The molecule has 3 aromatic rings. The molecule has 2 aromatic carbocycles. The lowest BCUT2D eigenvalue weighted by Crippen LogP contribution is -2.34. The average molecular weight is 435 g/mol. The summed E-state index contributed by atoms with van der Waals surface area (Å²) in [6, 6.07) is 20.6. The SMILES string of the molecule is CCCC(NC(=O)C(C)Sc1nnc(C2CC2)n1Cc1ccccc1)c1ccccc1. The number of nitrogens with one attached hydrogen (secondary N) is 1. The molecule has 1 heterocycles. The molecule has 1 amide bonds. The van der Waals surface area contributed by atoms with Crippen LogP contribution in [0.15, 0.2) is 65.8 Å². The van der Waals surface area contributed by atoms with Crippen LogP contribution in [0.3, 0.4) is 0 Å². The van der Waals surface area contributed by atoms with Crippen LogP contribution in [0.25, 0.3) is 0 Å². The lowest BCUT2D eigenvalue weighted by molar-refractivity contribution is -0.121. The monoisotopic (exact) mass is 434 g/mol. The van der Waals surface area contributed by atoms with Crippen molar-refractivity contribution in [2.24, 2.45) is 0 Å². The van der Waals surface area contributed by atoms with Crippen molar-refractivity contribution < 1.29 is 4.79 Å². The minimum absolute atomic E-state index is 0.0333. The van der Waals surface area contributed by atoms with Crippen molar-refractivity contribution in [3.8, 4) is 0 Å². The third kappa shape index (κ3) is 5.56. The molecule has 6 heteroatoms. The zero-order valence-corrected chi connectivity index (χ0v) is 19.0. The minimum atomic E-state index is -0.256. The zero-order chi connectivity index (χ0) is 21.6. The first-order valence-corrected chi connectivity index (χ1v) is 12.0. The standard InChI is InChI=1S/C25H30N4OS/c1-3-10-22(20-13-8-5-9-14-20)26-24(30)18(2)31-25-28-27-23(21-15-16-21)29(25)17-19-11-6-4-7-12-19/h4-9,11-14,18,21-22H,3,10,15-17H2,1-2H3,(H,26,30). The van der Waals surface area contributed by atoms with Gasteiger partial charge in [-0.25, -0.2) is 0 Å². The molecule has 0 aliphatic heterocycles. The van der Waals surface area contributed by atoms with E-state index in [1.165, 1.54) is 30.2 Å². The molecule has 1 aromatic heterocycles. The third-order valence-corrected chi connectivity index (χ3v) is 6.70. The highest BCUT2D eigenvalue weighted by Crippen LogP contribution is 2.40. The summed E-state index contributed by atoms with van der Waals surface area (Å²) in [7, 11) is 0. The summed E-state index contributed by atoms with van der Waals surface area (Å²) < 4.78 is 2.20. The molecule has 2 unspecified atom stereocenters. The van der Waals surface area contributed by atoms with Gasteiger partial charge in [0.15, 0.2) is 5.16 Å². The van der Waals surface area contributed by atoms with E-state index >= 15 is 0 Å². The number of thioether (sulfide) groups is 1. The maximum Gasteiger partial charge on any atom is 0.233 e. The summed E-state index contributed by atoms with van der Waals surface area (Å²) in [6.45, 7) is 4.83. The van der Waals surface area contributed by atoms with Gasteiger partial charge in [-0.15, -0.1) is 10.2 Å². The van der Waals surface area contributed by atoms with E-state index in [0.29, 0.717) is 5.92 Å². The second kappa shape index (κ2) is 10.1. The summed E-state index contributed by atoms with van der Waals surface area (Å²) in [5, 5.41) is 12.8. The van der Waals surface area contributed by atoms with Crippen LogP contribution in [-0.2, 0) is 11.3 Å². The molecule has 2 atom stereocenters. The summed E-state index contributed by atoms with van der Waals surface area (Å²) >= 11 is 1.50. The van der Waals surface area contributed by atoms with Crippen molar-refractivity contribution in [2.45, 2.75) is 68.4 Å². The summed E-state index contributed by atoms with van der Waals surface area (Å²) in [5.41, 5.74) is 2.37. The van der Waals surface area contributed by atoms with Crippen LogP contribution in [0.1, 0.15) is 68.4 Å². The Hall–Kier alpha value is -2.60. The quantitative estimate of drug-likeness (QED) is 0.438. The molecule has 4 rings (SSSR count). The highest BCUT2D eigenvalue weighted by Gasteiger charge is 2.31. The van der Waals surface area contributed by atoms with Gasteiger partial charge < -0.3 is 9.88 Å². The van der Waals surface area contributed by atoms with Gasteiger partial charge in [-0.1, -0.05) is 85.8 Å². The maximum atomic E-state index is 13.0. The Bertz CT molecular complexity index is 985. The molecular weight excluding hydrogens is 404 g/mol. The van der Waals surface area contributed by atoms with E-state index in [-0.39, 0.29) is 17.2 Å². The van der Waals surface area contributed by atoms with Crippen LogP contribution in [0.4, 0.5) is 0 Å². The Morgan fingerprint density at radius 3 is 2.42 bits per heavy atom. The van der Waals surface area contributed by atoms with Crippen LogP contribution < -0.4 is 5.32 Å². The molecule has 1 saturated carbocycles. The number of carbonyl (C=O) groups is 1. The third-order valence-electron chi connectivity index (χ3n) is 5.62. The number of amides is 1. The van der Waals surface area contributed by atoms with Gasteiger partial charge >= 0.3 is 0 Å². The molecule has 0 radical (unpaired) electrons. The van der Waals surface area contributed by atoms with E-state index in [4.69, 9.17) is 0 Å². The fourth-order valence-electron chi connectivity index (χ4n) is 3.74. The molecule has 0 spiro atoms. The summed E-state index contributed by atoms with van der Waals surface area (Å²) in [5.74, 6) is 1.59. The van der Waals surface area contributed by atoms with E-state index in [1.807, 2.05) is 31.2 Å². The Labute approximate surface area is 188 Å². The molecule has 162 valence electrons. The topological polar surface area (TPSA) is 59.8 Å². The van der Waals surface area contributed by atoms with Crippen molar-refractivity contribution in [3.05, 3.63) is 77.6 Å². The number of nitrogens with zero attached hydrogens (tertiary/aromatic N) is 3. The fourth-order valence-corrected chi connectivity index (χ4v) is 4.61. The lowest BCUT2D eigenvalue weighted by Gasteiger charge is -2.21. The first-order chi connectivity index (χ1) is 15.2. The van der Waals surface area contributed by atoms with Crippen molar-refractivity contribution in [3.63, 3.8) is 0 Å². The predicted octanol–water partition coefficient (Wildman–Crippen LogP) is 5.34. The van der Waals surface area contributed by atoms with Crippen LogP contribution in [0, 0.1) is 0 Å². The lowest BCUT2D eigenvalue weighted by atomic mass is 10.0. The van der Waals surface area contributed by atoms with Crippen molar-refractivity contribution in [1.29, 1.82) is 0 Å². The van der Waals surface area contributed by atoms with Gasteiger partial charge in [-0.05, 0) is 37.3 Å². The van der Waals surface area contributed by atoms with E-state index in [1.54, 1.807) is 0 Å². The minimum Gasteiger partial charge on any atom is -0.348 e. The highest BCUT2D eigenvalue weighted by atomic mass is 32.2. The van der Waals surface area contributed by atoms with Crippen LogP contribution in [-0.4, -0.2) is 25.9 Å². The molecule has 1 aliphatic rings. The van der Waals surface area contributed by atoms with Gasteiger partial charge in [0.05, 0.1) is 17.8 Å². The van der Waals surface area contributed by atoms with E-state index < -0.39 is 0 Å². The van der Waals surface area contributed by atoms with Crippen LogP contribution >= 0.6 is 11.8 Å². The average Bonchev–Trinajstić information content (AvgIpc) is 3.57. The Morgan fingerprint density at radius 2 is 1.77 bits per heavy atom. The normalized spacial score (nSPS) is 15.4. The number of hydrogen-bond acceptors (Lipinski definition) is 4. The number of rotatable bonds is 10. The van der Waals surface area contributed by atoms with Crippen LogP contribution in [0.5, 0.6) is 0 Å². The second-order valence-corrected chi connectivity index (χ2v) is 9.52. The number of benzene rings is 2. The maximum absolute atomic E-state index is 13.0. The Morgan fingerprint density at radius 1 is 1.10 bits per heavy atom. The van der Waals surface area contributed by atoms with E-state index in [2.05, 4.69) is 63.4 Å². The molecule has 0 bridgehead atoms. The van der Waals surface area contributed by atoms with Crippen LogP contribution in [0.2, 0.25) is 0 Å². The zero-order valence-electron chi connectivity index (χ0n) is 18.2. The number of aromatic nitrogens is 3. The largest absolute Gasteiger partial charge is 0.348 e. The van der Waals surface area contributed by atoms with Crippen molar-refractivity contribution in [2.75, 3.05) is 0 Å². The molecule has 31 heavy (non-hydrogen) atoms. The molecule has 0 saturated heterocycles. The summed E-state index contributed by atoms with van der Waals surface area (Å²) in [4.78, 5) is 13.0. The van der Waals surface area contributed by atoms with Crippen molar-refractivity contribution in [1.82, 2.24) is 20.1 Å². The first-order valence-electron chi connectivity index (χ1n) is 11.1. The highest BCUT2D eigenvalue weighted by molar-refractivity contribution is 8.00. The van der Waals surface area contributed by atoms with Gasteiger partial charge in [0.2, 0.25) is 5.91 Å². The van der Waals surface area contributed by atoms with Gasteiger partial charge in [-0.3, -0.25) is 4.79 Å². The van der Waals surface area contributed by atoms with Crippen molar-refractivity contribution >= 4 is 17.7 Å². The van der Waals surface area contributed by atoms with E-state index in [9.17, 15) is 4.79 Å². The molecule has 1 fully saturated rings. The Kier molecular flexibility index (Phi) is 7.07. The fraction of sp³-hybridized carbons (Fsp3) is 0.400. The Balaban J connectivity index is 1.47. The molecule has 1 N–H and O–H groups in total. The smallest absolute Gasteiger partial charge is 0.233 e. The van der Waals surface area contributed by atoms with Gasteiger partial charge in [0, 0.05) is 5.92 Å². The van der Waals surface area contributed by atoms with Gasteiger partial charge in [0.25, 0.3) is 0 Å². The predicted molar refractivity (Wildman–Crippen MR) is 125 cm³/mol. The molecular formula is C25H30N4OS.